The van der Waals surface area contributed by atoms with Gasteiger partial charge in [0.1, 0.15) is 11.7 Å². The van der Waals surface area contributed by atoms with Gasteiger partial charge < -0.3 is 4.74 Å². The fourth-order valence-corrected chi connectivity index (χ4v) is 7.77. The van der Waals surface area contributed by atoms with Crippen LogP contribution in [0.15, 0.2) is 36.1 Å². The van der Waals surface area contributed by atoms with Crippen LogP contribution in [0.3, 0.4) is 0 Å². The molecule has 1 heterocycles. The summed E-state index contributed by atoms with van der Waals surface area (Å²) in [5.41, 5.74) is 0. The lowest BCUT2D eigenvalue weighted by Gasteiger charge is -2.27. The van der Waals surface area contributed by atoms with Gasteiger partial charge in [0.2, 0.25) is 0 Å². The van der Waals surface area contributed by atoms with Crippen molar-refractivity contribution >= 4 is 5.97 Å². The number of allylic oxidation sites excluding steroid dienone is 5. The molecule has 0 N–H and O–H groups in total. The topological polar surface area (TPSA) is 26.3 Å². The van der Waals surface area contributed by atoms with Crippen LogP contribution in [0, 0.1) is 5.92 Å². The molecule has 0 radical (unpaired) electrons. The van der Waals surface area contributed by atoms with Crippen molar-refractivity contribution in [3.63, 3.8) is 0 Å². The normalized spacial score (nSPS) is 15.4. The molecule has 1 aliphatic rings. The first-order valence-corrected chi connectivity index (χ1v) is 24.0. The number of carbonyl (C=O) groups is 1. The summed E-state index contributed by atoms with van der Waals surface area (Å²) >= 11 is 0. The van der Waals surface area contributed by atoms with Gasteiger partial charge in [0.25, 0.3) is 0 Å². The first-order chi connectivity index (χ1) is 25.8. The molecule has 2 heteroatoms. The Balaban J connectivity index is 1.83. The molecule has 0 bridgehead atoms. The highest BCUT2D eigenvalue weighted by Crippen LogP contribution is 2.31. The molecule has 0 aromatic carbocycles. The zero-order valence-corrected chi connectivity index (χ0v) is 35.6. The Hall–Kier alpha value is -1.31. The summed E-state index contributed by atoms with van der Waals surface area (Å²) in [5.74, 6) is 0.959. The van der Waals surface area contributed by atoms with E-state index >= 15 is 0 Å². The molecule has 0 aromatic rings. The smallest absolute Gasteiger partial charge is 0.321 e. The maximum Gasteiger partial charge on any atom is 0.321 e. The molecule has 0 aromatic heterocycles. The van der Waals surface area contributed by atoms with Gasteiger partial charge in [-0.2, -0.15) is 0 Å². The lowest BCUT2D eigenvalue weighted by Crippen LogP contribution is -2.32. The SMILES string of the molecule is CCCCCCCCCCCCCCCCCC/C=C/CCC/C=C1/OC(=O)C1CCC/C=C/CCCCCCCCCCCCCCCCCC. The summed E-state index contributed by atoms with van der Waals surface area (Å²) < 4.78 is 5.38. The van der Waals surface area contributed by atoms with Crippen LogP contribution < -0.4 is 0 Å². The van der Waals surface area contributed by atoms with Crippen molar-refractivity contribution in [3.8, 4) is 0 Å². The molecular weight excluding hydrogens is 633 g/mol. The molecule has 0 aliphatic carbocycles. The van der Waals surface area contributed by atoms with Gasteiger partial charge in [-0.25, -0.2) is 0 Å². The Bertz CT molecular complexity index is 822. The summed E-state index contributed by atoms with van der Waals surface area (Å²) in [6.45, 7) is 4.60. The number of rotatable bonds is 42. The van der Waals surface area contributed by atoms with Crippen molar-refractivity contribution in [1.82, 2.24) is 0 Å². The highest BCUT2D eigenvalue weighted by Gasteiger charge is 2.36. The lowest BCUT2D eigenvalue weighted by atomic mass is 9.94. The van der Waals surface area contributed by atoms with Crippen LogP contribution >= 0.6 is 0 Å². The second kappa shape index (κ2) is 40.9. The van der Waals surface area contributed by atoms with E-state index in [0.29, 0.717) is 0 Å². The van der Waals surface area contributed by atoms with E-state index in [1.54, 1.807) is 0 Å². The van der Waals surface area contributed by atoms with Crippen LogP contribution in [0.5, 0.6) is 0 Å². The average Bonchev–Trinajstić information content (AvgIpc) is 3.15. The second-order valence-electron chi connectivity index (χ2n) is 16.6. The van der Waals surface area contributed by atoms with Gasteiger partial charge in [-0.1, -0.05) is 231 Å². The van der Waals surface area contributed by atoms with Crippen LogP contribution in [-0.4, -0.2) is 5.97 Å². The van der Waals surface area contributed by atoms with E-state index in [1.807, 2.05) is 0 Å². The molecular formula is C50H92O2. The van der Waals surface area contributed by atoms with Crippen molar-refractivity contribution in [3.05, 3.63) is 36.1 Å². The van der Waals surface area contributed by atoms with Gasteiger partial charge in [-0.05, 0) is 70.3 Å². The predicted molar refractivity (Wildman–Crippen MR) is 232 cm³/mol. The molecule has 2 nitrogen and oxygen atoms in total. The number of ether oxygens (including phenoxy) is 1. The largest absolute Gasteiger partial charge is 0.430 e. The molecule has 0 saturated carbocycles. The lowest BCUT2D eigenvalue weighted by molar-refractivity contribution is -0.157. The van der Waals surface area contributed by atoms with Gasteiger partial charge in [-0.3, -0.25) is 4.79 Å². The molecule has 1 aliphatic heterocycles. The van der Waals surface area contributed by atoms with E-state index in [1.165, 1.54) is 218 Å². The number of carbonyl (C=O) groups excluding carboxylic acids is 1. The van der Waals surface area contributed by atoms with Crippen LogP contribution in [0.2, 0.25) is 0 Å². The molecule has 1 unspecified atom stereocenters. The van der Waals surface area contributed by atoms with Crippen molar-refractivity contribution in [2.75, 3.05) is 0 Å². The standard InChI is InChI=1S/C50H92O2/c1-3-5-7-9-11-13-15-17-19-21-23-25-27-29-31-33-35-37-39-41-43-45-47-49-48(50(51)52-49)46-44-42-40-38-36-34-32-30-28-26-24-22-20-18-16-14-12-10-8-6-4-2/h37-40,47-48H,3-36,41-46H2,1-2H3/b39-37+,40-38+,49-47+. The summed E-state index contributed by atoms with van der Waals surface area (Å²) in [5, 5.41) is 0. The van der Waals surface area contributed by atoms with Gasteiger partial charge in [0.05, 0.1) is 0 Å². The average molecular weight is 725 g/mol. The number of hydrogen-bond donors (Lipinski definition) is 0. The third-order valence-corrected chi connectivity index (χ3v) is 11.4. The Morgan fingerprint density at radius 1 is 0.365 bits per heavy atom. The van der Waals surface area contributed by atoms with Gasteiger partial charge in [0.15, 0.2) is 0 Å². The molecule has 1 rings (SSSR count). The molecule has 1 saturated heterocycles. The highest BCUT2D eigenvalue weighted by atomic mass is 16.6. The van der Waals surface area contributed by atoms with Gasteiger partial charge in [0, 0.05) is 0 Å². The molecule has 0 spiro atoms. The van der Waals surface area contributed by atoms with Crippen LogP contribution in [0.4, 0.5) is 0 Å². The zero-order chi connectivity index (χ0) is 37.3. The first-order valence-electron chi connectivity index (χ1n) is 24.0. The number of esters is 1. The number of cyclic esters (lactones) is 1. The van der Waals surface area contributed by atoms with Crippen molar-refractivity contribution in [2.45, 2.75) is 271 Å². The van der Waals surface area contributed by atoms with Gasteiger partial charge >= 0.3 is 5.97 Å². The summed E-state index contributed by atoms with van der Waals surface area (Å²) in [6.07, 6.45) is 66.2. The first kappa shape index (κ1) is 48.7. The van der Waals surface area contributed by atoms with Crippen LogP contribution in [-0.2, 0) is 9.53 Å². The molecule has 1 fully saturated rings. The minimum absolute atomic E-state index is 0.0119. The maximum atomic E-state index is 12.0. The molecule has 1 atom stereocenters. The quantitative estimate of drug-likeness (QED) is 0.0356. The third kappa shape index (κ3) is 33.3. The van der Waals surface area contributed by atoms with E-state index in [-0.39, 0.29) is 11.9 Å². The minimum Gasteiger partial charge on any atom is -0.430 e. The Labute approximate surface area is 327 Å². The van der Waals surface area contributed by atoms with Crippen LogP contribution in [0.25, 0.3) is 0 Å². The molecule has 304 valence electrons. The monoisotopic (exact) mass is 725 g/mol. The number of unbranched alkanes of at least 4 members (excludes halogenated alkanes) is 35. The van der Waals surface area contributed by atoms with Crippen molar-refractivity contribution in [1.29, 1.82) is 0 Å². The predicted octanol–water partition coefficient (Wildman–Crippen LogP) is 17.8. The van der Waals surface area contributed by atoms with E-state index in [0.717, 1.165) is 44.3 Å². The Morgan fingerprint density at radius 2 is 0.654 bits per heavy atom. The number of hydrogen-bond acceptors (Lipinski definition) is 2. The van der Waals surface area contributed by atoms with E-state index in [9.17, 15) is 4.79 Å². The summed E-state index contributed by atoms with van der Waals surface area (Å²) in [6, 6.07) is 0. The van der Waals surface area contributed by atoms with Crippen molar-refractivity contribution < 1.29 is 9.53 Å². The van der Waals surface area contributed by atoms with E-state index in [4.69, 9.17) is 4.74 Å². The fraction of sp³-hybridized carbons (Fsp3) is 0.860. The fourth-order valence-electron chi connectivity index (χ4n) is 7.77. The zero-order valence-electron chi connectivity index (χ0n) is 35.6. The Morgan fingerprint density at radius 3 is 0.981 bits per heavy atom. The third-order valence-electron chi connectivity index (χ3n) is 11.4. The van der Waals surface area contributed by atoms with E-state index < -0.39 is 0 Å². The maximum absolute atomic E-state index is 12.0. The van der Waals surface area contributed by atoms with Crippen molar-refractivity contribution in [2.24, 2.45) is 5.92 Å². The minimum atomic E-state index is -0.0119. The summed E-state index contributed by atoms with van der Waals surface area (Å²) in [7, 11) is 0. The Kier molecular flexibility index (Phi) is 38.3. The summed E-state index contributed by atoms with van der Waals surface area (Å²) in [4.78, 5) is 12.0. The van der Waals surface area contributed by atoms with Gasteiger partial charge in [-0.15, -0.1) is 0 Å². The highest BCUT2D eigenvalue weighted by molar-refractivity contribution is 5.82. The second-order valence-corrected chi connectivity index (χ2v) is 16.6. The van der Waals surface area contributed by atoms with E-state index in [2.05, 4.69) is 44.2 Å². The molecule has 52 heavy (non-hydrogen) atoms. The van der Waals surface area contributed by atoms with Crippen LogP contribution in [0.1, 0.15) is 271 Å². The molecule has 0 amide bonds.